The first-order valence-corrected chi connectivity index (χ1v) is 9.68. The van der Waals surface area contributed by atoms with E-state index in [4.69, 9.17) is 9.47 Å². The summed E-state index contributed by atoms with van der Waals surface area (Å²) in [4.78, 5) is 16.8. The first-order chi connectivity index (χ1) is 12.9. The normalized spacial score (nSPS) is 30.6. The fourth-order valence-electron chi connectivity index (χ4n) is 4.40. The van der Waals surface area contributed by atoms with Crippen molar-refractivity contribution in [2.24, 2.45) is 0 Å². The first kappa shape index (κ1) is 18.7. The van der Waals surface area contributed by atoms with Gasteiger partial charge in [0, 0.05) is 19.5 Å². The van der Waals surface area contributed by atoms with Crippen LogP contribution in [0.3, 0.4) is 0 Å². The Balaban J connectivity index is 1.36. The van der Waals surface area contributed by atoms with Gasteiger partial charge in [0.15, 0.2) is 0 Å². The van der Waals surface area contributed by atoms with Gasteiger partial charge in [-0.15, -0.1) is 0 Å². The molecule has 148 valence electrons. The van der Waals surface area contributed by atoms with E-state index in [0.717, 1.165) is 37.4 Å². The smallest absolute Gasteiger partial charge is 0.241 e. The highest BCUT2D eigenvalue weighted by molar-refractivity contribution is 5.96. The Bertz CT molecular complexity index is 699. The molecule has 2 fully saturated rings. The highest BCUT2D eigenvalue weighted by Gasteiger charge is 2.48. The number of piperidine rings is 1. The minimum atomic E-state index is -1.12. The maximum absolute atomic E-state index is 12.9. The third kappa shape index (κ3) is 3.69. The molecule has 0 aromatic heterocycles. The van der Waals surface area contributed by atoms with Crippen LogP contribution in [0.1, 0.15) is 26.2 Å². The second-order valence-electron chi connectivity index (χ2n) is 8.18. The molecular weight excluding hydrogens is 348 g/mol. The number of aliphatic hydroxyl groups excluding tert-OH is 1. The quantitative estimate of drug-likeness (QED) is 0.794. The monoisotopic (exact) mass is 376 g/mol. The number of aliphatic hydroxyl groups is 2. The topological polar surface area (TPSA) is 82.5 Å². The molecule has 1 amide bonds. The molecule has 0 saturated carbocycles. The molecule has 7 heteroatoms. The van der Waals surface area contributed by atoms with E-state index in [9.17, 15) is 15.0 Å². The summed E-state index contributed by atoms with van der Waals surface area (Å²) in [5.74, 6) is 0.833. The van der Waals surface area contributed by atoms with Gasteiger partial charge in [0.1, 0.15) is 18.5 Å². The van der Waals surface area contributed by atoms with Gasteiger partial charge in [0.05, 0.1) is 36.6 Å². The fourth-order valence-corrected chi connectivity index (χ4v) is 4.40. The van der Waals surface area contributed by atoms with Gasteiger partial charge >= 0.3 is 0 Å². The van der Waals surface area contributed by atoms with Crippen LogP contribution in [0.4, 0.5) is 5.69 Å². The van der Waals surface area contributed by atoms with Crippen LogP contribution in [0.2, 0.25) is 0 Å². The van der Waals surface area contributed by atoms with Crippen molar-refractivity contribution in [2.75, 3.05) is 44.3 Å². The number of para-hydroxylation sites is 2. The van der Waals surface area contributed by atoms with Crippen molar-refractivity contribution >= 4 is 11.6 Å². The molecule has 2 saturated heterocycles. The van der Waals surface area contributed by atoms with Gasteiger partial charge in [-0.05, 0) is 31.9 Å². The van der Waals surface area contributed by atoms with E-state index in [0.29, 0.717) is 26.1 Å². The highest BCUT2D eigenvalue weighted by Crippen LogP contribution is 2.39. The van der Waals surface area contributed by atoms with Crippen LogP contribution < -0.4 is 9.64 Å². The molecule has 0 bridgehead atoms. The van der Waals surface area contributed by atoms with Gasteiger partial charge < -0.3 is 24.6 Å². The second-order valence-corrected chi connectivity index (χ2v) is 8.18. The number of rotatable bonds is 2. The number of amides is 1. The summed E-state index contributed by atoms with van der Waals surface area (Å²) < 4.78 is 11.6. The molecule has 3 aliphatic heterocycles. The summed E-state index contributed by atoms with van der Waals surface area (Å²) in [6.45, 7) is 4.76. The number of benzene rings is 1. The van der Waals surface area contributed by atoms with E-state index < -0.39 is 17.3 Å². The summed E-state index contributed by atoms with van der Waals surface area (Å²) >= 11 is 0. The third-order valence-corrected chi connectivity index (χ3v) is 6.10. The Morgan fingerprint density at radius 3 is 2.74 bits per heavy atom. The van der Waals surface area contributed by atoms with E-state index in [2.05, 4.69) is 4.90 Å². The summed E-state index contributed by atoms with van der Waals surface area (Å²) in [6, 6.07) is 7.63. The van der Waals surface area contributed by atoms with Crippen molar-refractivity contribution < 1.29 is 24.5 Å². The number of anilines is 1. The average molecular weight is 376 g/mol. The zero-order valence-corrected chi connectivity index (χ0v) is 15.8. The Hall–Kier alpha value is -1.67. The van der Waals surface area contributed by atoms with Gasteiger partial charge in [-0.25, -0.2) is 0 Å². The molecular formula is C20H28N2O5. The lowest BCUT2D eigenvalue weighted by Gasteiger charge is -2.50. The SMILES string of the molecule is C[C@]1(O)CC2(CCN(CC(=O)N3CCOc4ccccc43)CC2)OC[C@@H]1O. The molecule has 1 aromatic carbocycles. The number of nitrogens with zero attached hydrogens (tertiary/aromatic N) is 2. The summed E-state index contributed by atoms with van der Waals surface area (Å²) in [6.07, 6.45) is 1.09. The van der Waals surface area contributed by atoms with E-state index in [1.807, 2.05) is 29.2 Å². The van der Waals surface area contributed by atoms with E-state index in [1.165, 1.54) is 0 Å². The van der Waals surface area contributed by atoms with E-state index in [1.54, 1.807) is 6.92 Å². The minimum Gasteiger partial charge on any atom is -0.490 e. The lowest BCUT2D eigenvalue weighted by molar-refractivity contribution is -0.222. The maximum Gasteiger partial charge on any atom is 0.241 e. The molecule has 3 aliphatic rings. The molecule has 4 rings (SSSR count). The lowest BCUT2D eigenvalue weighted by Crippen LogP contribution is -2.59. The van der Waals surface area contributed by atoms with Crippen LogP contribution >= 0.6 is 0 Å². The minimum absolute atomic E-state index is 0.0775. The molecule has 2 N–H and O–H groups in total. The number of ether oxygens (including phenoxy) is 2. The lowest BCUT2D eigenvalue weighted by atomic mass is 9.76. The standard InChI is InChI=1S/C20H28N2O5/c1-19(25)14-20(27-13-17(19)23)6-8-21(9-7-20)12-18(24)22-10-11-26-16-5-3-2-4-15(16)22/h2-5,17,23,25H,6-14H2,1H3/t17-,19-/m0/s1. The summed E-state index contributed by atoms with van der Waals surface area (Å²) in [5, 5.41) is 20.3. The molecule has 0 unspecified atom stereocenters. The van der Waals surface area contributed by atoms with Crippen molar-refractivity contribution in [1.82, 2.24) is 4.90 Å². The third-order valence-electron chi connectivity index (χ3n) is 6.10. The van der Waals surface area contributed by atoms with Crippen LogP contribution in [-0.4, -0.2) is 77.7 Å². The van der Waals surface area contributed by atoms with Crippen molar-refractivity contribution in [3.05, 3.63) is 24.3 Å². The predicted octanol–water partition coefficient (Wildman–Crippen LogP) is 0.779. The molecule has 27 heavy (non-hydrogen) atoms. The number of likely N-dealkylation sites (tertiary alicyclic amines) is 1. The summed E-state index contributed by atoms with van der Waals surface area (Å²) in [5.41, 5.74) is -0.676. The molecule has 0 radical (unpaired) electrons. The van der Waals surface area contributed by atoms with Crippen molar-refractivity contribution in [2.45, 2.75) is 43.5 Å². The van der Waals surface area contributed by atoms with Crippen molar-refractivity contribution in [3.63, 3.8) is 0 Å². The Labute approximate surface area is 159 Å². The summed E-state index contributed by atoms with van der Waals surface area (Å²) in [7, 11) is 0. The first-order valence-electron chi connectivity index (χ1n) is 9.68. The van der Waals surface area contributed by atoms with Crippen molar-refractivity contribution in [3.8, 4) is 5.75 Å². The van der Waals surface area contributed by atoms with Gasteiger partial charge in [0.2, 0.25) is 5.91 Å². The van der Waals surface area contributed by atoms with Crippen LogP contribution in [0.5, 0.6) is 5.75 Å². The number of hydrogen-bond donors (Lipinski definition) is 2. The van der Waals surface area contributed by atoms with Gasteiger partial charge in [-0.2, -0.15) is 0 Å². The maximum atomic E-state index is 12.9. The Morgan fingerprint density at radius 1 is 1.26 bits per heavy atom. The van der Waals surface area contributed by atoms with Gasteiger partial charge in [-0.1, -0.05) is 12.1 Å². The van der Waals surface area contributed by atoms with E-state index >= 15 is 0 Å². The number of hydrogen-bond acceptors (Lipinski definition) is 6. The Kier molecular flexibility index (Phi) is 4.88. The van der Waals surface area contributed by atoms with Crippen LogP contribution in [0, 0.1) is 0 Å². The van der Waals surface area contributed by atoms with Crippen molar-refractivity contribution in [1.29, 1.82) is 0 Å². The molecule has 3 heterocycles. The van der Waals surface area contributed by atoms with Crippen LogP contribution in [-0.2, 0) is 9.53 Å². The number of carbonyl (C=O) groups is 1. The van der Waals surface area contributed by atoms with Crippen LogP contribution in [0.25, 0.3) is 0 Å². The highest BCUT2D eigenvalue weighted by atomic mass is 16.5. The second kappa shape index (κ2) is 7.05. The van der Waals surface area contributed by atoms with Gasteiger partial charge in [-0.3, -0.25) is 9.69 Å². The molecule has 0 aliphatic carbocycles. The molecule has 2 atom stereocenters. The fraction of sp³-hybridized carbons (Fsp3) is 0.650. The number of fused-ring (bicyclic) bond motifs is 1. The molecule has 1 aromatic rings. The molecule has 7 nitrogen and oxygen atoms in total. The van der Waals surface area contributed by atoms with Gasteiger partial charge in [0.25, 0.3) is 0 Å². The molecule has 1 spiro atoms. The average Bonchev–Trinajstić information content (AvgIpc) is 2.66. The Morgan fingerprint density at radius 2 is 2.00 bits per heavy atom. The number of carbonyl (C=O) groups excluding carboxylic acids is 1. The predicted molar refractivity (Wildman–Crippen MR) is 99.9 cm³/mol. The van der Waals surface area contributed by atoms with Crippen LogP contribution in [0.15, 0.2) is 24.3 Å². The zero-order chi connectivity index (χ0) is 19.1. The van der Waals surface area contributed by atoms with E-state index in [-0.39, 0.29) is 12.5 Å². The largest absolute Gasteiger partial charge is 0.490 e. The zero-order valence-electron chi connectivity index (χ0n) is 15.8.